The first-order valence-corrected chi connectivity index (χ1v) is 15.6. The Bertz CT molecular complexity index is 1320. The minimum atomic E-state index is -3.45. The molecule has 12 heteroatoms. The molecule has 2 aromatic rings. The largest absolute Gasteiger partial charge is 0.358 e. The van der Waals surface area contributed by atoms with E-state index >= 15 is 0 Å². The number of sulfone groups is 1. The van der Waals surface area contributed by atoms with Crippen LogP contribution >= 0.6 is 0 Å². The van der Waals surface area contributed by atoms with Crippen molar-refractivity contribution in [3.8, 4) is 0 Å². The Morgan fingerprint density at radius 1 is 1.05 bits per heavy atom. The third kappa shape index (κ3) is 9.12. The van der Waals surface area contributed by atoms with Crippen LogP contribution in [0.4, 0.5) is 0 Å². The zero-order valence-corrected chi connectivity index (χ0v) is 24.5. The number of rotatable bonds is 12. The molecule has 222 valence electrons. The number of likely N-dealkylation sites (tertiary alicyclic amines) is 1. The summed E-state index contributed by atoms with van der Waals surface area (Å²) in [6, 6.07) is 15.6. The number of carbonyl (C=O) groups excluding carboxylic acids is 4. The molecule has 0 aromatic heterocycles. The number of nitrogens with two attached hydrogens (primary N) is 1. The van der Waals surface area contributed by atoms with Crippen molar-refractivity contribution in [2.45, 2.75) is 50.4 Å². The first-order chi connectivity index (χ1) is 19.4. The lowest BCUT2D eigenvalue weighted by atomic mass is 9.96. The first kappa shape index (κ1) is 31.8. The number of hydrogen-bond donors (Lipinski definition) is 3. The maximum atomic E-state index is 14.1. The van der Waals surface area contributed by atoms with Crippen LogP contribution in [0, 0.1) is 0 Å². The monoisotopic (exact) mass is 585 g/mol. The van der Waals surface area contributed by atoms with Crippen LogP contribution in [0.5, 0.6) is 0 Å². The molecule has 0 bridgehead atoms. The van der Waals surface area contributed by atoms with Gasteiger partial charge in [0.05, 0.1) is 18.3 Å². The Balaban J connectivity index is 1.98. The predicted octanol–water partition coefficient (Wildman–Crippen LogP) is 0.413. The lowest BCUT2D eigenvalue weighted by molar-refractivity contribution is -0.147. The number of carbonyl (C=O) groups is 4. The molecule has 0 aliphatic carbocycles. The second-order valence-corrected chi connectivity index (χ2v) is 12.7. The van der Waals surface area contributed by atoms with E-state index in [0.717, 1.165) is 17.4 Å². The smallest absolute Gasteiger partial charge is 0.246 e. The predicted molar refractivity (Wildman–Crippen MR) is 155 cm³/mol. The van der Waals surface area contributed by atoms with E-state index in [-0.39, 0.29) is 43.6 Å². The number of benzene rings is 2. The second-order valence-electron chi connectivity index (χ2n) is 10.5. The van der Waals surface area contributed by atoms with Crippen molar-refractivity contribution in [1.82, 2.24) is 20.4 Å². The van der Waals surface area contributed by atoms with E-state index in [1.165, 1.54) is 23.8 Å². The minimum absolute atomic E-state index is 0.153. The summed E-state index contributed by atoms with van der Waals surface area (Å²) in [7, 11) is -1.97. The summed E-state index contributed by atoms with van der Waals surface area (Å²) in [5.74, 6) is -2.48. The number of nitrogens with zero attached hydrogens (tertiary/aromatic N) is 2. The molecule has 0 spiro atoms. The molecular formula is C29H39N5O6S. The molecule has 11 nitrogen and oxygen atoms in total. The third-order valence-electron chi connectivity index (χ3n) is 7.09. The number of hydrogen-bond acceptors (Lipinski definition) is 7. The van der Waals surface area contributed by atoms with Gasteiger partial charge in [-0.2, -0.15) is 0 Å². The van der Waals surface area contributed by atoms with Gasteiger partial charge in [0.15, 0.2) is 0 Å². The van der Waals surface area contributed by atoms with Gasteiger partial charge in [0, 0.05) is 32.3 Å². The Labute approximate surface area is 241 Å². The van der Waals surface area contributed by atoms with Gasteiger partial charge in [0.1, 0.15) is 21.9 Å². The van der Waals surface area contributed by atoms with Gasteiger partial charge in [-0.05, 0) is 30.9 Å². The molecule has 1 saturated heterocycles. The highest BCUT2D eigenvalue weighted by Gasteiger charge is 2.44. The van der Waals surface area contributed by atoms with Gasteiger partial charge in [-0.25, -0.2) is 8.42 Å². The number of nitrogens with one attached hydrogen (secondary N) is 2. The quantitative estimate of drug-likeness (QED) is 0.325. The van der Waals surface area contributed by atoms with Crippen LogP contribution in [0.3, 0.4) is 0 Å². The van der Waals surface area contributed by atoms with Gasteiger partial charge < -0.3 is 26.2 Å². The van der Waals surface area contributed by atoms with Crippen molar-refractivity contribution >= 4 is 33.5 Å². The average Bonchev–Trinajstić information content (AvgIpc) is 3.40. The van der Waals surface area contributed by atoms with E-state index in [1.807, 2.05) is 60.7 Å². The Morgan fingerprint density at radius 3 is 2.22 bits per heavy atom. The fourth-order valence-electron chi connectivity index (χ4n) is 4.85. The summed E-state index contributed by atoms with van der Waals surface area (Å²) in [5, 5.41) is 5.13. The van der Waals surface area contributed by atoms with E-state index in [4.69, 9.17) is 5.73 Å². The Hall–Kier alpha value is -3.77. The van der Waals surface area contributed by atoms with Crippen LogP contribution < -0.4 is 16.4 Å². The fraction of sp³-hybridized carbons (Fsp3) is 0.448. The van der Waals surface area contributed by atoms with Gasteiger partial charge in [-0.1, -0.05) is 60.7 Å². The summed E-state index contributed by atoms with van der Waals surface area (Å²) >= 11 is 0. The average molecular weight is 586 g/mol. The standard InChI is InChI=1S/C29H39N5O6S/c1-20(30)27(36)32-24(14-15-41(3,39)40)28(37)34-18-23(22-12-8-5-9-13-22)16-25(34)29(38)33(19-26(35)31-2)17-21-10-6-4-7-11-21/h4-13,20,23-25H,14-19,30H2,1-3H3,(H,31,35)(H,32,36)/t20-,23-,24-,25-/m0/s1. The van der Waals surface area contributed by atoms with Crippen LogP contribution in [-0.2, 0) is 35.6 Å². The highest BCUT2D eigenvalue weighted by Crippen LogP contribution is 2.33. The zero-order chi connectivity index (χ0) is 30.2. The molecule has 1 aliphatic heterocycles. The number of amides is 4. The molecule has 1 aliphatic rings. The molecule has 0 unspecified atom stereocenters. The van der Waals surface area contributed by atoms with E-state index in [2.05, 4.69) is 10.6 Å². The van der Waals surface area contributed by atoms with E-state index < -0.39 is 45.7 Å². The molecule has 1 heterocycles. The van der Waals surface area contributed by atoms with Crippen molar-refractivity contribution in [2.24, 2.45) is 5.73 Å². The number of likely N-dealkylation sites (N-methyl/N-ethyl adjacent to an activating group) is 1. The molecule has 41 heavy (non-hydrogen) atoms. The van der Waals surface area contributed by atoms with Gasteiger partial charge in [0.2, 0.25) is 23.6 Å². The second kappa shape index (κ2) is 14.2. The molecule has 2 aromatic carbocycles. The van der Waals surface area contributed by atoms with E-state index in [9.17, 15) is 27.6 Å². The lowest BCUT2D eigenvalue weighted by Crippen LogP contribution is -2.56. The molecule has 1 fully saturated rings. The molecule has 3 rings (SSSR count). The van der Waals surface area contributed by atoms with Crippen molar-refractivity contribution in [1.29, 1.82) is 0 Å². The highest BCUT2D eigenvalue weighted by molar-refractivity contribution is 7.90. The third-order valence-corrected chi connectivity index (χ3v) is 8.06. The minimum Gasteiger partial charge on any atom is -0.358 e. The SMILES string of the molecule is CNC(=O)CN(Cc1ccccc1)C(=O)[C@@H]1C[C@H](c2ccccc2)CN1C(=O)[C@H](CCS(C)(=O)=O)NC(=O)[C@H](C)N. The summed E-state index contributed by atoms with van der Waals surface area (Å²) in [6.45, 7) is 1.58. The zero-order valence-electron chi connectivity index (χ0n) is 23.7. The van der Waals surface area contributed by atoms with Gasteiger partial charge >= 0.3 is 0 Å². The molecule has 0 radical (unpaired) electrons. The normalized spacial score (nSPS) is 18.3. The molecule has 0 saturated carbocycles. The van der Waals surface area contributed by atoms with Crippen LogP contribution in [0.15, 0.2) is 60.7 Å². The molecular weight excluding hydrogens is 546 g/mol. The maximum absolute atomic E-state index is 14.1. The van der Waals surface area contributed by atoms with Gasteiger partial charge in [-0.3, -0.25) is 19.2 Å². The molecule has 4 atom stereocenters. The van der Waals surface area contributed by atoms with Crippen molar-refractivity contribution in [2.75, 3.05) is 32.1 Å². The highest BCUT2D eigenvalue weighted by atomic mass is 32.2. The summed E-state index contributed by atoms with van der Waals surface area (Å²) in [4.78, 5) is 55.8. The van der Waals surface area contributed by atoms with E-state index in [1.54, 1.807) is 0 Å². The summed E-state index contributed by atoms with van der Waals surface area (Å²) in [6.07, 6.45) is 1.18. The maximum Gasteiger partial charge on any atom is 0.246 e. The summed E-state index contributed by atoms with van der Waals surface area (Å²) in [5.41, 5.74) is 7.47. The lowest BCUT2D eigenvalue weighted by Gasteiger charge is -2.32. The first-order valence-electron chi connectivity index (χ1n) is 13.5. The molecule has 4 amide bonds. The van der Waals surface area contributed by atoms with E-state index in [0.29, 0.717) is 6.42 Å². The van der Waals surface area contributed by atoms with Crippen molar-refractivity contribution in [3.05, 3.63) is 71.8 Å². The summed E-state index contributed by atoms with van der Waals surface area (Å²) < 4.78 is 23.9. The van der Waals surface area contributed by atoms with Crippen molar-refractivity contribution < 1.29 is 27.6 Å². The van der Waals surface area contributed by atoms with Crippen LogP contribution in [0.2, 0.25) is 0 Å². The van der Waals surface area contributed by atoms with Crippen LogP contribution in [0.1, 0.15) is 36.8 Å². The Kier molecular flexibility index (Phi) is 11.0. The van der Waals surface area contributed by atoms with Crippen molar-refractivity contribution in [3.63, 3.8) is 0 Å². The topological polar surface area (TPSA) is 159 Å². The Morgan fingerprint density at radius 2 is 1.66 bits per heavy atom. The van der Waals surface area contributed by atoms with Gasteiger partial charge in [0.25, 0.3) is 0 Å². The van der Waals surface area contributed by atoms with Crippen LogP contribution in [-0.4, -0.2) is 92.1 Å². The fourth-order valence-corrected chi connectivity index (χ4v) is 5.52. The van der Waals surface area contributed by atoms with Gasteiger partial charge in [-0.15, -0.1) is 0 Å². The van der Waals surface area contributed by atoms with Crippen LogP contribution in [0.25, 0.3) is 0 Å². The molecule has 4 N–H and O–H groups in total.